The second-order valence-electron chi connectivity index (χ2n) is 12.9. The molecule has 7 nitrogen and oxygen atoms in total. The van der Waals surface area contributed by atoms with Crippen molar-refractivity contribution in [2.24, 2.45) is 28.6 Å². The summed E-state index contributed by atoms with van der Waals surface area (Å²) in [5.41, 5.74) is -4.27. The molecule has 0 amide bonds. The molecule has 0 spiro atoms. The third-order valence-electron chi connectivity index (χ3n) is 10.7. The van der Waals surface area contributed by atoms with Crippen molar-refractivity contribution in [3.8, 4) is 0 Å². The SMILES string of the molecule is CC(O)(CO)CCC(O)C(C)(O)C1CCC2(O)C3=CC(=O)C4CC(O)CCC4(C)C3CCC12C. The van der Waals surface area contributed by atoms with E-state index in [2.05, 4.69) is 6.92 Å². The van der Waals surface area contributed by atoms with Gasteiger partial charge in [-0.3, -0.25) is 4.79 Å². The van der Waals surface area contributed by atoms with Crippen molar-refractivity contribution in [2.75, 3.05) is 6.61 Å². The van der Waals surface area contributed by atoms with Crippen LogP contribution in [-0.2, 0) is 4.79 Å². The lowest BCUT2D eigenvalue weighted by Gasteiger charge is -2.60. The highest BCUT2D eigenvalue weighted by atomic mass is 16.3. The molecule has 10 unspecified atom stereocenters. The van der Waals surface area contributed by atoms with E-state index < -0.39 is 47.0 Å². The Labute approximate surface area is 202 Å². The zero-order valence-corrected chi connectivity index (χ0v) is 21.1. The average molecular weight is 481 g/mol. The Morgan fingerprint density at radius 1 is 1.09 bits per heavy atom. The van der Waals surface area contributed by atoms with Crippen LogP contribution in [0.1, 0.15) is 85.5 Å². The van der Waals surface area contributed by atoms with Crippen LogP contribution in [0.5, 0.6) is 0 Å². The van der Waals surface area contributed by atoms with Crippen LogP contribution in [-0.4, -0.2) is 72.0 Å². The maximum Gasteiger partial charge on any atom is 0.159 e. The molecule has 10 atom stereocenters. The molecule has 4 aliphatic rings. The lowest BCUT2D eigenvalue weighted by Crippen LogP contribution is -2.62. The monoisotopic (exact) mass is 480 g/mol. The molecule has 0 aliphatic heterocycles. The third kappa shape index (κ3) is 3.73. The summed E-state index contributed by atoms with van der Waals surface area (Å²) in [4.78, 5) is 13.2. The Morgan fingerprint density at radius 2 is 1.76 bits per heavy atom. The minimum Gasteiger partial charge on any atom is -0.393 e. The number of hydrogen-bond acceptors (Lipinski definition) is 7. The number of allylic oxidation sites excluding steroid dienone is 1. The highest BCUT2D eigenvalue weighted by molar-refractivity contribution is 5.95. The quantitative estimate of drug-likeness (QED) is 0.341. The molecule has 0 aromatic heterocycles. The van der Waals surface area contributed by atoms with Gasteiger partial charge in [-0.1, -0.05) is 13.8 Å². The summed E-state index contributed by atoms with van der Waals surface area (Å²) in [6, 6.07) is 0. The van der Waals surface area contributed by atoms with Gasteiger partial charge in [0, 0.05) is 11.3 Å². The molecule has 3 saturated carbocycles. The number of hydrogen-bond donors (Lipinski definition) is 6. The summed E-state index contributed by atoms with van der Waals surface area (Å²) in [5.74, 6) is -0.560. The van der Waals surface area contributed by atoms with Crippen LogP contribution < -0.4 is 0 Å². The van der Waals surface area contributed by atoms with E-state index in [0.29, 0.717) is 32.1 Å². The molecule has 3 fully saturated rings. The standard InChI is InChI=1S/C27H44O7/c1-23(32,15-28)9-8-22(31)26(4,33)21-7-12-27(34)18-14-20(30)19-13-16(29)5-10-24(19,2)17(18)6-11-25(21,27)3/h14,16-17,19,21-22,28-29,31-34H,5-13,15H2,1-4H3. The van der Waals surface area contributed by atoms with Crippen LogP contribution >= 0.6 is 0 Å². The molecule has 0 saturated heterocycles. The average Bonchev–Trinajstić information content (AvgIpc) is 3.05. The fourth-order valence-electron chi connectivity index (χ4n) is 8.30. The Morgan fingerprint density at radius 3 is 2.41 bits per heavy atom. The summed E-state index contributed by atoms with van der Waals surface area (Å²) < 4.78 is 0. The molecule has 0 radical (unpaired) electrons. The Bertz CT molecular complexity index is 850. The van der Waals surface area contributed by atoms with Crippen molar-refractivity contribution in [2.45, 2.75) is 114 Å². The number of aliphatic hydroxyl groups excluding tert-OH is 3. The van der Waals surface area contributed by atoms with Crippen LogP contribution in [0.3, 0.4) is 0 Å². The summed E-state index contributed by atoms with van der Waals surface area (Å²) in [6.07, 6.45) is 4.64. The fourth-order valence-corrected chi connectivity index (χ4v) is 8.30. The summed E-state index contributed by atoms with van der Waals surface area (Å²) >= 11 is 0. The van der Waals surface area contributed by atoms with Gasteiger partial charge in [-0.2, -0.15) is 0 Å². The summed E-state index contributed by atoms with van der Waals surface area (Å²) in [5, 5.41) is 64.4. The van der Waals surface area contributed by atoms with Crippen LogP contribution in [0.25, 0.3) is 0 Å². The number of rotatable bonds is 6. The van der Waals surface area contributed by atoms with Crippen molar-refractivity contribution in [1.82, 2.24) is 0 Å². The molecule has 0 heterocycles. The molecule has 4 rings (SSSR count). The largest absolute Gasteiger partial charge is 0.393 e. The van der Waals surface area contributed by atoms with Gasteiger partial charge in [-0.15, -0.1) is 0 Å². The van der Waals surface area contributed by atoms with E-state index in [1.165, 1.54) is 6.92 Å². The number of carbonyl (C=O) groups excluding carboxylic acids is 1. The van der Waals surface area contributed by atoms with Crippen molar-refractivity contribution >= 4 is 5.78 Å². The minimum absolute atomic E-state index is 0.00773. The first-order valence-electron chi connectivity index (χ1n) is 13.0. The van der Waals surface area contributed by atoms with E-state index in [9.17, 15) is 35.4 Å². The molecular weight excluding hydrogens is 436 g/mol. The van der Waals surface area contributed by atoms with Crippen LogP contribution in [0.2, 0.25) is 0 Å². The maximum atomic E-state index is 13.2. The van der Waals surface area contributed by atoms with Gasteiger partial charge in [0.05, 0.1) is 35.6 Å². The second-order valence-corrected chi connectivity index (χ2v) is 12.9. The van der Waals surface area contributed by atoms with Gasteiger partial charge in [0.15, 0.2) is 5.78 Å². The van der Waals surface area contributed by atoms with E-state index in [-0.39, 0.29) is 35.9 Å². The maximum absolute atomic E-state index is 13.2. The predicted octanol–water partition coefficient (Wildman–Crippen LogP) is 1.86. The number of ketones is 1. The number of carbonyl (C=O) groups is 1. The Kier molecular flexibility index (Phi) is 6.45. The Hall–Kier alpha value is -0.830. The van der Waals surface area contributed by atoms with Gasteiger partial charge in [0.2, 0.25) is 0 Å². The van der Waals surface area contributed by atoms with Crippen LogP contribution in [0.15, 0.2) is 11.6 Å². The molecule has 7 heteroatoms. The number of fused-ring (bicyclic) bond motifs is 5. The van der Waals surface area contributed by atoms with E-state index >= 15 is 0 Å². The van der Waals surface area contributed by atoms with Crippen molar-refractivity contribution in [1.29, 1.82) is 0 Å². The minimum atomic E-state index is -1.50. The zero-order chi connectivity index (χ0) is 25.3. The molecule has 0 bridgehead atoms. The van der Waals surface area contributed by atoms with E-state index in [1.807, 2.05) is 6.92 Å². The van der Waals surface area contributed by atoms with Crippen molar-refractivity contribution in [3.05, 3.63) is 11.6 Å². The molecule has 0 aromatic carbocycles. The lowest BCUT2D eigenvalue weighted by molar-refractivity contribution is -0.173. The van der Waals surface area contributed by atoms with Crippen molar-refractivity contribution in [3.63, 3.8) is 0 Å². The van der Waals surface area contributed by atoms with Crippen LogP contribution in [0, 0.1) is 28.6 Å². The highest BCUT2D eigenvalue weighted by Crippen LogP contribution is 2.68. The molecule has 6 N–H and O–H groups in total. The third-order valence-corrected chi connectivity index (χ3v) is 10.7. The first-order chi connectivity index (χ1) is 15.6. The van der Waals surface area contributed by atoms with Crippen LogP contribution in [0.4, 0.5) is 0 Å². The fraction of sp³-hybridized carbons (Fsp3) is 0.889. The lowest BCUT2D eigenvalue weighted by atomic mass is 9.46. The van der Waals surface area contributed by atoms with Gasteiger partial charge in [0.1, 0.15) is 0 Å². The zero-order valence-electron chi connectivity index (χ0n) is 21.1. The normalized spacial score (nSPS) is 46.4. The highest BCUT2D eigenvalue weighted by Gasteiger charge is 2.68. The van der Waals surface area contributed by atoms with Crippen molar-refractivity contribution < 1.29 is 35.4 Å². The van der Waals surface area contributed by atoms with Gasteiger partial charge in [-0.25, -0.2) is 0 Å². The molecule has 4 aliphatic carbocycles. The predicted molar refractivity (Wildman–Crippen MR) is 127 cm³/mol. The van der Waals surface area contributed by atoms with Gasteiger partial charge in [0.25, 0.3) is 0 Å². The second kappa shape index (κ2) is 8.35. The van der Waals surface area contributed by atoms with Gasteiger partial charge in [-0.05, 0) is 101 Å². The summed E-state index contributed by atoms with van der Waals surface area (Å²) in [6.45, 7) is 6.80. The topological polar surface area (TPSA) is 138 Å². The summed E-state index contributed by atoms with van der Waals surface area (Å²) in [7, 11) is 0. The molecule has 194 valence electrons. The Balaban J connectivity index is 1.63. The van der Waals surface area contributed by atoms with Gasteiger partial charge < -0.3 is 30.6 Å². The van der Waals surface area contributed by atoms with E-state index in [1.54, 1.807) is 13.0 Å². The molecule has 0 aromatic rings. The van der Waals surface area contributed by atoms with Gasteiger partial charge >= 0.3 is 0 Å². The first-order valence-corrected chi connectivity index (χ1v) is 13.0. The molecular formula is C27H44O7. The smallest absolute Gasteiger partial charge is 0.159 e. The first kappa shape index (κ1) is 26.2. The number of aliphatic hydroxyl groups is 6. The van der Waals surface area contributed by atoms with E-state index in [4.69, 9.17) is 0 Å². The molecule has 34 heavy (non-hydrogen) atoms. The van der Waals surface area contributed by atoms with E-state index in [0.717, 1.165) is 18.4 Å².